The maximum Gasteiger partial charge on any atom is 0.309 e. The maximum atomic E-state index is 10.5. The van der Waals surface area contributed by atoms with Gasteiger partial charge in [0.15, 0.2) is 0 Å². The first kappa shape index (κ1) is 13.5. The minimum atomic E-state index is -0.919. The average Bonchev–Trinajstić information content (AvgIpc) is 2.76. The molecule has 0 saturated heterocycles. The zero-order valence-corrected chi connectivity index (χ0v) is 11.6. The Labute approximate surface area is 118 Å². The molecular weight excluding hydrogens is 314 g/mol. The van der Waals surface area contributed by atoms with Crippen LogP contribution in [0.3, 0.4) is 0 Å². The van der Waals surface area contributed by atoms with Gasteiger partial charge in [0.25, 0.3) is 0 Å². The zero-order valence-electron chi connectivity index (χ0n) is 9.99. The maximum absolute atomic E-state index is 10.5. The molecule has 2 aromatic rings. The van der Waals surface area contributed by atoms with Crippen molar-refractivity contribution in [3.63, 3.8) is 0 Å². The third-order valence-corrected chi connectivity index (χ3v) is 2.80. The molecule has 1 aromatic heterocycles. The lowest BCUT2D eigenvalue weighted by Gasteiger charge is -2.05. The molecular formula is C12H12BrN3O3. The normalized spacial score (nSPS) is 10.4. The Hall–Kier alpha value is -1.89. The Morgan fingerprint density at radius 3 is 3.05 bits per heavy atom. The van der Waals surface area contributed by atoms with Gasteiger partial charge in [-0.2, -0.15) is 0 Å². The molecule has 7 heteroatoms. The number of carboxylic acids is 1. The van der Waals surface area contributed by atoms with Gasteiger partial charge in [-0.3, -0.25) is 4.79 Å². The van der Waals surface area contributed by atoms with E-state index >= 15 is 0 Å². The predicted molar refractivity (Wildman–Crippen MR) is 71.0 cm³/mol. The standard InChI is InChI=1S/C12H12BrN3O3/c13-9-2-1-3-11(6-9)19-5-4-16-8-10(14-15-16)7-12(17)18/h1-3,6,8H,4-5,7H2,(H,17,18). The van der Waals surface area contributed by atoms with E-state index in [0.29, 0.717) is 18.8 Å². The number of halogens is 1. The number of carbonyl (C=O) groups is 1. The highest BCUT2D eigenvalue weighted by molar-refractivity contribution is 9.10. The number of carboxylic acid groups (broad SMARTS) is 1. The molecule has 0 radical (unpaired) electrons. The van der Waals surface area contributed by atoms with Crippen molar-refractivity contribution in [2.45, 2.75) is 13.0 Å². The highest BCUT2D eigenvalue weighted by Gasteiger charge is 2.05. The molecule has 0 fully saturated rings. The Morgan fingerprint density at radius 1 is 1.47 bits per heavy atom. The fourth-order valence-corrected chi connectivity index (χ4v) is 1.88. The van der Waals surface area contributed by atoms with Gasteiger partial charge in [0, 0.05) is 10.7 Å². The molecule has 100 valence electrons. The molecule has 0 amide bonds. The second-order valence-electron chi connectivity index (χ2n) is 3.85. The van der Waals surface area contributed by atoms with Gasteiger partial charge in [-0.15, -0.1) is 5.10 Å². The van der Waals surface area contributed by atoms with Crippen LogP contribution in [0.25, 0.3) is 0 Å². The number of aromatic nitrogens is 3. The highest BCUT2D eigenvalue weighted by atomic mass is 79.9. The van der Waals surface area contributed by atoms with E-state index < -0.39 is 5.97 Å². The van der Waals surface area contributed by atoms with Crippen molar-refractivity contribution in [1.82, 2.24) is 15.0 Å². The Balaban J connectivity index is 1.82. The van der Waals surface area contributed by atoms with Gasteiger partial charge >= 0.3 is 5.97 Å². The van der Waals surface area contributed by atoms with Gasteiger partial charge < -0.3 is 9.84 Å². The molecule has 1 N–H and O–H groups in total. The van der Waals surface area contributed by atoms with Gasteiger partial charge in [0.1, 0.15) is 12.4 Å². The van der Waals surface area contributed by atoms with Crippen molar-refractivity contribution >= 4 is 21.9 Å². The number of ether oxygens (including phenoxy) is 1. The number of hydrogen-bond acceptors (Lipinski definition) is 4. The number of hydrogen-bond donors (Lipinski definition) is 1. The molecule has 1 aromatic carbocycles. The third kappa shape index (κ3) is 4.36. The predicted octanol–water partition coefficient (Wildman–Crippen LogP) is 1.75. The van der Waals surface area contributed by atoms with Crippen molar-refractivity contribution < 1.29 is 14.6 Å². The van der Waals surface area contributed by atoms with Crippen molar-refractivity contribution in [3.05, 3.63) is 40.6 Å². The van der Waals surface area contributed by atoms with E-state index in [4.69, 9.17) is 9.84 Å². The van der Waals surface area contributed by atoms with E-state index in [1.807, 2.05) is 24.3 Å². The lowest BCUT2D eigenvalue weighted by atomic mass is 10.3. The lowest BCUT2D eigenvalue weighted by molar-refractivity contribution is -0.136. The molecule has 19 heavy (non-hydrogen) atoms. The molecule has 6 nitrogen and oxygen atoms in total. The highest BCUT2D eigenvalue weighted by Crippen LogP contribution is 2.17. The lowest BCUT2D eigenvalue weighted by Crippen LogP contribution is -2.08. The van der Waals surface area contributed by atoms with E-state index in [2.05, 4.69) is 26.2 Å². The smallest absolute Gasteiger partial charge is 0.309 e. The second-order valence-corrected chi connectivity index (χ2v) is 4.76. The van der Waals surface area contributed by atoms with E-state index in [9.17, 15) is 4.79 Å². The molecule has 0 unspecified atom stereocenters. The second kappa shape index (κ2) is 6.33. The molecule has 0 aliphatic heterocycles. The van der Waals surface area contributed by atoms with Gasteiger partial charge in [-0.1, -0.05) is 27.2 Å². The quantitative estimate of drug-likeness (QED) is 0.875. The Bertz CT molecular complexity index is 571. The van der Waals surface area contributed by atoms with Crippen LogP contribution in [-0.2, 0) is 17.8 Å². The van der Waals surface area contributed by atoms with Crippen LogP contribution in [0.1, 0.15) is 5.69 Å². The fraction of sp³-hybridized carbons (Fsp3) is 0.250. The first-order valence-corrected chi connectivity index (χ1v) is 6.42. The van der Waals surface area contributed by atoms with Crippen LogP contribution in [0, 0.1) is 0 Å². The summed E-state index contributed by atoms with van der Waals surface area (Å²) >= 11 is 3.36. The Morgan fingerprint density at radius 2 is 2.32 bits per heavy atom. The van der Waals surface area contributed by atoms with Crippen molar-refractivity contribution in [2.75, 3.05) is 6.61 Å². The molecule has 0 spiro atoms. The summed E-state index contributed by atoms with van der Waals surface area (Å²) in [6.45, 7) is 0.950. The summed E-state index contributed by atoms with van der Waals surface area (Å²) in [4.78, 5) is 10.5. The van der Waals surface area contributed by atoms with Crippen LogP contribution in [0.15, 0.2) is 34.9 Å². The Kier molecular flexibility index (Phi) is 4.51. The zero-order chi connectivity index (χ0) is 13.7. The third-order valence-electron chi connectivity index (χ3n) is 2.30. The van der Waals surface area contributed by atoms with Crippen LogP contribution in [-0.4, -0.2) is 32.7 Å². The van der Waals surface area contributed by atoms with E-state index in [-0.39, 0.29) is 6.42 Å². The van der Waals surface area contributed by atoms with E-state index in [1.165, 1.54) is 0 Å². The van der Waals surface area contributed by atoms with E-state index in [0.717, 1.165) is 10.2 Å². The first-order chi connectivity index (χ1) is 9.13. The minimum absolute atomic E-state index is 0.119. The molecule has 0 bridgehead atoms. The summed E-state index contributed by atoms with van der Waals surface area (Å²) < 4.78 is 8.07. The van der Waals surface area contributed by atoms with Gasteiger partial charge in [0.05, 0.1) is 18.7 Å². The number of benzene rings is 1. The summed E-state index contributed by atoms with van der Waals surface area (Å²) in [5.74, 6) is -0.155. The number of rotatable bonds is 6. The average molecular weight is 326 g/mol. The first-order valence-electron chi connectivity index (χ1n) is 5.62. The van der Waals surface area contributed by atoms with Crippen molar-refractivity contribution in [2.24, 2.45) is 0 Å². The number of nitrogens with zero attached hydrogens (tertiary/aromatic N) is 3. The molecule has 0 atom stereocenters. The van der Waals surface area contributed by atoms with Crippen molar-refractivity contribution in [1.29, 1.82) is 0 Å². The SMILES string of the molecule is O=C(O)Cc1cn(CCOc2cccc(Br)c2)nn1. The summed E-state index contributed by atoms with van der Waals surface area (Å²) in [7, 11) is 0. The molecule has 0 saturated carbocycles. The van der Waals surface area contributed by atoms with Gasteiger partial charge in [-0.05, 0) is 18.2 Å². The molecule has 0 aliphatic carbocycles. The van der Waals surface area contributed by atoms with Crippen LogP contribution >= 0.6 is 15.9 Å². The van der Waals surface area contributed by atoms with Crippen LogP contribution in [0.4, 0.5) is 0 Å². The molecule has 1 heterocycles. The van der Waals surface area contributed by atoms with Gasteiger partial charge in [-0.25, -0.2) is 4.68 Å². The summed E-state index contributed by atoms with van der Waals surface area (Å²) in [6.07, 6.45) is 1.49. The number of aliphatic carboxylic acids is 1. The van der Waals surface area contributed by atoms with E-state index in [1.54, 1.807) is 10.9 Å². The van der Waals surface area contributed by atoms with Gasteiger partial charge in [0.2, 0.25) is 0 Å². The topological polar surface area (TPSA) is 77.2 Å². The van der Waals surface area contributed by atoms with Crippen LogP contribution in [0.5, 0.6) is 5.75 Å². The van der Waals surface area contributed by atoms with Crippen molar-refractivity contribution in [3.8, 4) is 5.75 Å². The summed E-state index contributed by atoms with van der Waals surface area (Å²) in [5.41, 5.74) is 0.440. The minimum Gasteiger partial charge on any atom is -0.492 e. The monoisotopic (exact) mass is 325 g/mol. The molecule has 0 aliphatic rings. The largest absolute Gasteiger partial charge is 0.492 e. The molecule has 2 rings (SSSR count). The summed E-state index contributed by atoms with van der Waals surface area (Å²) in [6, 6.07) is 7.54. The fourth-order valence-electron chi connectivity index (χ4n) is 1.50. The summed E-state index contributed by atoms with van der Waals surface area (Å²) in [5, 5.41) is 16.2. The van der Waals surface area contributed by atoms with Crippen LogP contribution in [0.2, 0.25) is 0 Å². The van der Waals surface area contributed by atoms with Crippen LogP contribution < -0.4 is 4.74 Å².